The second kappa shape index (κ2) is 8.39. The lowest BCUT2D eigenvalue weighted by atomic mass is 9.98. The van der Waals surface area contributed by atoms with E-state index < -0.39 is 17.3 Å². The summed E-state index contributed by atoms with van der Waals surface area (Å²) in [4.78, 5) is 8.36. The van der Waals surface area contributed by atoms with Gasteiger partial charge >= 0.3 is 6.18 Å². The van der Waals surface area contributed by atoms with Crippen molar-refractivity contribution in [1.82, 2.24) is 25.0 Å². The molecule has 7 nitrogen and oxygen atoms in total. The molecule has 0 aliphatic rings. The molecule has 0 aliphatic heterocycles. The number of alkyl halides is 3. The molecule has 0 unspecified atom stereocenters. The molecule has 0 atom stereocenters. The van der Waals surface area contributed by atoms with E-state index in [0.29, 0.717) is 36.6 Å². The predicted octanol–water partition coefficient (Wildman–Crippen LogP) is 4.36. The van der Waals surface area contributed by atoms with E-state index in [4.69, 9.17) is 0 Å². The van der Waals surface area contributed by atoms with Crippen molar-refractivity contribution in [2.45, 2.75) is 51.9 Å². The summed E-state index contributed by atoms with van der Waals surface area (Å²) in [5.41, 5.74) is 0.172. The van der Waals surface area contributed by atoms with Gasteiger partial charge in [-0.2, -0.15) is 13.2 Å². The van der Waals surface area contributed by atoms with Crippen molar-refractivity contribution in [3.63, 3.8) is 0 Å². The highest BCUT2D eigenvalue weighted by molar-refractivity contribution is 5.61. The fraction of sp³-hybridized carbons (Fsp3) is 0.400. The third-order valence-corrected chi connectivity index (χ3v) is 4.89. The number of hydrogen-bond donors (Lipinski definition) is 2. The number of nitrogens with zero attached hydrogens (tertiary/aromatic N) is 5. The van der Waals surface area contributed by atoms with Crippen LogP contribution in [0.15, 0.2) is 36.7 Å². The summed E-state index contributed by atoms with van der Waals surface area (Å²) in [7, 11) is 0. The number of aliphatic hydroxyl groups is 1. The van der Waals surface area contributed by atoms with Crippen LogP contribution in [0.25, 0.3) is 11.4 Å². The van der Waals surface area contributed by atoms with Crippen LogP contribution < -0.4 is 5.32 Å². The molecule has 0 aliphatic carbocycles. The van der Waals surface area contributed by atoms with Crippen LogP contribution in [0.2, 0.25) is 0 Å². The van der Waals surface area contributed by atoms with Crippen LogP contribution in [-0.2, 0) is 12.7 Å². The number of rotatable bonds is 7. The van der Waals surface area contributed by atoms with Crippen molar-refractivity contribution in [3.8, 4) is 11.4 Å². The van der Waals surface area contributed by atoms with E-state index in [-0.39, 0.29) is 5.82 Å². The predicted molar refractivity (Wildman–Crippen MR) is 106 cm³/mol. The number of anilines is 2. The molecule has 0 aromatic carbocycles. The lowest BCUT2D eigenvalue weighted by Gasteiger charge is -2.24. The van der Waals surface area contributed by atoms with Gasteiger partial charge in [0.25, 0.3) is 0 Å². The highest BCUT2D eigenvalue weighted by Gasteiger charge is 2.30. The third-order valence-electron chi connectivity index (χ3n) is 4.89. The molecule has 10 heteroatoms. The molecule has 0 saturated carbocycles. The van der Waals surface area contributed by atoms with Gasteiger partial charge in [0, 0.05) is 6.20 Å². The molecular weight excluding hydrogens is 397 g/mol. The highest BCUT2D eigenvalue weighted by atomic mass is 19.4. The lowest BCUT2D eigenvalue weighted by Crippen LogP contribution is -2.32. The standard InChI is InChI=1S/C20H23F3N6O/c1-4-19(30,5-2)12-29-11-16(27-28-29)15-8-13(3)9-18(25-15)26-17-10-14(6-7-24-17)20(21,22)23/h6-11,30H,4-5,12H2,1-3H3,(H,24,25,26). The third kappa shape index (κ3) is 5.12. The molecule has 3 rings (SSSR count). The Balaban J connectivity index is 1.85. The van der Waals surface area contributed by atoms with E-state index in [1.807, 2.05) is 20.8 Å². The summed E-state index contributed by atoms with van der Waals surface area (Å²) in [5, 5.41) is 21.5. The Morgan fingerprint density at radius 1 is 1.07 bits per heavy atom. The van der Waals surface area contributed by atoms with Gasteiger partial charge in [0.1, 0.15) is 17.3 Å². The Kier molecular flexibility index (Phi) is 6.06. The zero-order valence-corrected chi connectivity index (χ0v) is 16.9. The first-order valence-electron chi connectivity index (χ1n) is 9.54. The largest absolute Gasteiger partial charge is 0.416 e. The number of aromatic nitrogens is 5. The van der Waals surface area contributed by atoms with Gasteiger partial charge in [-0.1, -0.05) is 19.1 Å². The van der Waals surface area contributed by atoms with Crippen molar-refractivity contribution < 1.29 is 18.3 Å². The quantitative estimate of drug-likeness (QED) is 0.591. The Morgan fingerprint density at radius 2 is 1.80 bits per heavy atom. The molecule has 3 heterocycles. The number of nitrogens with one attached hydrogen (secondary N) is 1. The molecule has 0 radical (unpaired) electrons. The summed E-state index contributed by atoms with van der Waals surface area (Å²) in [6.45, 7) is 5.96. The maximum atomic E-state index is 12.9. The topological polar surface area (TPSA) is 88.8 Å². The second-order valence-electron chi connectivity index (χ2n) is 7.20. The normalized spacial score (nSPS) is 12.2. The number of hydrogen-bond acceptors (Lipinski definition) is 6. The van der Waals surface area contributed by atoms with E-state index in [2.05, 4.69) is 25.6 Å². The summed E-state index contributed by atoms with van der Waals surface area (Å²) in [6, 6.07) is 5.33. The van der Waals surface area contributed by atoms with Crippen LogP contribution in [0.3, 0.4) is 0 Å². The first kappa shape index (κ1) is 21.7. The number of halogens is 3. The molecule has 3 aromatic heterocycles. The number of pyridine rings is 2. The average Bonchev–Trinajstić information content (AvgIpc) is 3.15. The average molecular weight is 420 g/mol. The minimum absolute atomic E-state index is 0.0356. The Bertz CT molecular complexity index is 1010. The zero-order chi connectivity index (χ0) is 21.9. The fourth-order valence-corrected chi connectivity index (χ4v) is 2.94. The van der Waals surface area contributed by atoms with E-state index in [1.54, 1.807) is 23.0 Å². The minimum atomic E-state index is -4.46. The van der Waals surface area contributed by atoms with Crippen molar-refractivity contribution >= 4 is 11.6 Å². The van der Waals surface area contributed by atoms with Crippen molar-refractivity contribution in [2.75, 3.05) is 5.32 Å². The Labute approximate surface area is 172 Å². The first-order chi connectivity index (χ1) is 14.1. The van der Waals surface area contributed by atoms with Crippen LogP contribution in [0.5, 0.6) is 0 Å². The van der Waals surface area contributed by atoms with Gasteiger partial charge in [0.15, 0.2) is 0 Å². The molecule has 3 aromatic rings. The SMILES string of the molecule is CCC(O)(CC)Cn1cc(-c2cc(C)cc(Nc3cc(C(F)(F)F)ccn3)n2)nn1. The van der Waals surface area contributed by atoms with Crippen molar-refractivity contribution in [2.24, 2.45) is 0 Å². The zero-order valence-electron chi connectivity index (χ0n) is 16.9. The smallest absolute Gasteiger partial charge is 0.388 e. The van der Waals surface area contributed by atoms with Crippen LogP contribution >= 0.6 is 0 Å². The lowest BCUT2D eigenvalue weighted by molar-refractivity contribution is -0.137. The maximum absolute atomic E-state index is 12.9. The van der Waals surface area contributed by atoms with E-state index in [0.717, 1.165) is 23.9 Å². The molecule has 2 N–H and O–H groups in total. The van der Waals surface area contributed by atoms with Gasteiger partial charge in [0.05, 0.1) is 29.6 Å². The molecule has 0 fully saturated rings. The monoisotopic (exact) mass is 420 g/mol. The molecule has 0 saturated heterocycles. The van der Waals surface area contributed by atoms with Crippen molar-refractivity contribution in [3.05, 3.63) is 47.8 Å². The van der Waals surface area contributed by atoms with Crippen LogP contribution in [0.4, 0.5) is 24.8 Å². The Morgan fingerprint density at radius 3 is 2.47 bits per heavy atom. The number of aryl methyl sites for hydroxylation is 1. The summed E-state index contributed by atoms with van der Waals surface area (Å²) >= 11 is 0. The minimum Gasteiger partial charge on any atom is -0.388 e. The summed E-state index contributed by atoms with van der Waals surface area (Å²) in [6.07, 6.45) is -0.513. The van der Waals surface area contributed by atoms with Gasteiger partial charge < -0.3 is 10.4 Å². The Hall–Kier alpha value is -3.01. The van der Waals surface area contributed by atoms with Crippen LogP contribution in [0, 0.1) is 6.92 Å². The molecule has 0 spiro atoms. The fourth-order valence-electron chi connectivity index (χ4n) is 2.94. The summed E-state index contributed by atoms with van der Waals surface area (Å²) in [5.74, 6) is 0.374. The maximum Gasteiger partial charge on any atom is 0.416 e. The van der Waals surface area contributed by atoms with Gasteiger partial charge in [0.2, 0.25) is 0 Å². The van der Waals surface area contributed by atoms with Gasteiger partial charge in [-0.15, -0.1) is 5.10 Å². The molecule has 160 valence electrons. The molecule has 0 amide bonds. The van der Waals surface area contributed by atoms with Gasteiger partial charge in [-0.05, 0) is 49.6 Å². The van der Waals surface area contributed by atoms with E-state index in [1.165, 1.54) is 0 Å². The van der Waals surface area contributed by atoms with E-state index >= 15 is 0 Å². The van der Waals surface area contributed by atoms with Gasteiger partial charge in [-0.25, -0.2) is 14.6 Å². The van der Waals surface area contributed by atoms with Crippen LogP contribution in [0.1, 0.15) is 37.8 Å². The van der Waals surface area contributed by atoms with Crippen molar-refractivity contribution in [1.29, 1.82) is 0 Å². The molecule has 0 bridgehead atoms. The first-order valence-corrected chi connectivity index (χ1v) is 9.54. The van der Waals surface area contributed by atoms with Gasteiger partial charge in [-0.3, -0.25) is 0 Å². The second-order valence-corrected chi connectivity index (χ2v) is 7.20. The van der Waals surface area contributed by atoms with Crippen LogP contribution in [-0.4, -0.2) is 35.7 Å². The molecular formula is C20H23F3N6O. The summed E-state index contributed by atoms with van der Waals surface area (Å²) < 4.78 is 40.3. The van der Waals surface area contributed by atoms with E-state index in [9.17, 15) is 18.3 Å². The highest BCUT2D eigenvalue weighted by Crippen LogP contribution is 2.30. The molecule has 30 heavy (non-hydrogen) atoms.